The van der Waals surface area contributed by atoms with Crippen molar-refractivity contribution >= 4 is 11.8 Å². The second-order valence-electron chi connectivity index (χ2n) is 2.55. The fraction of sp³-hybridized carbons (Fsp3) is 0.400. The second-order valence-corrected chi connectivity index (χ2v) is 3.80. The highest BCUT2D eigenvalue weighted by atomic mass is 32.2. The van der Waals surface area contributed by atoms with Crippen molar-refractivity contribution in [1.29, 1.82) is 0 Å². The van der Waals surface area contributed by atoms with Gasteiger partial charge in [0, 0.05) is 11.5 Å². The smallest absolute Gasteiger partial charge is 0.127 e. The lowest BCUT2D eigenvalue weighted by Gasteiger charge is -2.09. The summed E-state index contributed by atoms with van der Waals surface area (Å²) in [6.45, 7) is 2.95. The minimum absolute atomic E-state index is 0.385. The van der Waals surface area contributed by atoms with E-state index in [1.807, 2.05) is 37.3 Å². The van der Waals surface area contributed by atoms with Crippen molar-refractivity contribution in [2.45, 2.75) is 17.3 Å². The van der Waals surface area contributed by atoms with Crippen LogP contribution in [0.15, 0.2) is 35.2 Å². The lowest BCUT2D eigenvalue weighted by atomic mass is 10.4. The van der Waals surface area contributed by atoms with Gasteiger partial charge in [-0.05, 0) is 19.1 Å². The van der Waals surface area contributed by atoms with Gasteiger partial charge in [-0.1, -0.05) is 30.0 Å². The Bertz CT molecular complexity index is 226. The lowest BCUT2D eigenvalue weighted by molar-refractivity contribution is 0.0858. The van der Waals surface area contributed by atoms with Crippen LogP contribution in [0, 0.1) is 0 Å². The SMILES string of the molecule is CCOCC(O)Sc1ccccc1. The standard InChI is InChI=1S/C10H14O2S/c1-2-12-8-10(11)13-9-6-4-3-5-7-9/h3-7,10-11H,2,8H2,1H3. The first-order valence-corrected chi connectivity index (χ1v) is 5.18. The van der Waals surface area contributed by atoms with E-state index in [1.54, 1.807) is 0 Å². The third kappa shape index (κ3) is 4.31. The zero-order chi connectivity index (χ0) is 9.52. The summed E-state index contributed by atoms with van der Waals surface area (Å²) < 4.78 is 5.10. The van der Waals surface area contributed by atoms with E-state index in [9.17, 15) is 5.11 Å². The molecule has 0 spiro atoms. The van der Waals surface area contributed by atoms with Crippen molar-refractivity contribution in [3.05, 3.63) is 30.3 Å². The number of aliphatic hydroxyl groups excluding tert-OH is 1. The van der Waals surface area contributed by atoms with Gasteiger partial charge in [0.1, 0.15) is 5.44 Å². The molecule has 0 fully saturated rings. The maximum Gasteiger partial charge on any atom is 0.127 e. The van der Waals surface area contributed by atoms with Crippen LogP contribution in [0.5, 0.6) is 0 Å². The van der Waals surface area contributed by atoms with E-state index in [2.05, 4.69) is 0 Å². The molecule has 3 heteroatoms. The fourth-order valence-corrected chi connectivity index (χ4v) is 1.70. The van der Waals surface area contributed by atoms with E-state index in [1.165, 1.54) is 11.8 Å². The summed E-state index contributed by atoms with van der Waals surface area (Å²) in [6.07, 6.45) is 0. The average Bonchev–Trinajstić information content (AvgIpc) is 2.16. The summed E-state index contributed by atoms with van der Waals surface area (Å²) in [6, 6.07) is 9.81. The summed E-state index contributed by atoms with van der Waals surface area (Å²) in [5.41, 5.74) is -0.470. The normalized spacial score (nSPS) is 12.8. The number of benzene rings is 1. The van der Waals surface area contributed by atoms with Crippen LogP contribution in [-0.4, -0.2) is 23.8 Å². The molecule has 1 unspecified atom stereocenters. The molecule has 72 valence electrons. The molecule has 0 heterocycles. The third-order valence-electron chi connectivity index (χ3n) is 1.48. The van der Waals surface area contributed by atoms with Gasteiger partial charge in [-0.2, -0.15) is 0 Å². The van der Waals surface area contributed by atoms with E-state index in [-0.39, 0.29) is 0 Å². The molecule has 0 amide bonds. The molecule has 2 nitrogen and oxygen atoms in total. The third-order valence-corrected chi connectivity index (χ3v) is 2.43. The zero-order valence-corrected chi connectivity index (χ0v) is 8.46. The van der Waals surface area contributed by atoms with E-state index in [4.69, 9.17) is 4.74 Å². The molecular weight excluding hydrogens is 184 g/mol. The zero-order valence-electron chi connectivity index (χ0n) is 7.64. The molecule has 0 aliphatic carbocycles. The predicted octanol–water partition coefficient (Wildman–Crippen LogP) is 2.13. The molecule has 0 aliphatic heterocycles. The summed E-state index contributed by atoms with van der Waals surface area (Å²) in [7, 11) is 0. The van der Waals surface area contributed by atoms with Gasteiger partial charge in [0.25, 0.3) is 0 Å². The molecule has 0 aliphatic rings. The van der Waals surface area contributed by atoms with Crippen molar-refractivity contribution in [2.75, 3.05) is 13.2 Å². The topological polar surface area (TPSA) is 29.5 Å². The molecule has 1 N–H and O–H groups in total. The molecule has 1 rings (SSSR count). The first-order valence-electron chi connectivity index (χ1n) is 4.30. The number of thioether (sulfide) groups is 1. The second kappa shape index (κ2) is 6.02. The van der Waals surface area contributed by atoms with Gasteiger partial charge in [0.2, 0.25) is 0 Å². The predicted molar refractivity (Wildman–Crippen MR) is 54.8 cm³/mol. The highest BCUT2D eigenvalue weighted by molar-refractivity contribution is 7.99. The molecule has 13 heavy (non-hydrogen) atoms. The Morgan fingerprint density at radius 2 is 2.08 bits per heavy atom. The molecule has 0 saturated heterocycles. The summed E-state index contributed by atoms with van der Waals surface area (Å²) in [5, 5.41) is 9.47. The summed E-state index contributed by atoms with van der Waals surface area (Å²) in [4.78, 5) is 1.06. The number of aliphatic hydroxyl groups is 1. The van der Waals surface area contributed by atoms with Crippen LogP contribution in [0.3, 0.4) is 0 Å². The van der Waals surface area contributed by atoms with Crippen LogP contribution in [0.25, 0.3) is 0 Å². The Labute approximate surface area is 82.9 Å². The first kappa shape index (κ1) is 10.6. The first-order chi connectivity index (χ1) is 6.33. The molecule has 1 aromatic rings. The van der Waals surface area contributed by atoms with Crippen LogP contribution in [0.2, 0.25) is 0 Å². The molecule has 1 atom stereocenters. The van der Waals surface area contributed by atoms with E-state index in [0.29, 0.717) is 13.2 Å². The molecular formula is C10H14O2S. The molecule has 0 saturated carbocycles. The summed E-state index contributed by atoms with van der Waals surface area (Å²) >= 11 is 1.41. The minimum atomic E-state index is -0.470. The maximum atomic E-state index is 9.47. The molecule has 1 aromatic carbocycles. The lowest BCUT2D eigenvalue weighted by Crippen LogP contribution is -2.10. The van der Waals surface area contributed by atoms with Crippen molar-refractivity contribution < 1.29 is 9.84 Å². The average molecular weight is 198 g/mol. The van der Waals surface area contributed by atoms with Gasteiger partial charge in [-0.3, -0.25) is 0 Å². The van der Waals surface area contributed by atoms with Gasteiger partial charge < -0.3 is 9.84 Å². The Kier molecular flexibility index (Phi) is 4.90. The Morgan fingerprint density at radius 3 is 2.69 bits per heavy atom. The van der Waals surface area contributed by atoms with Crippen LogP contribution < -0.4 is 0 Å². The number of ether oxygens (including phenoxy) is 1. The van der Waals surface area contributed by atoms with Crippen molar-refractivity contribution in [2.24, 2.45) is 0 Å². The Hall–Kier alpha value is -0.510. The van der Waals surface area contributed by atoms with Gasteiger partial charge in [0.05, 0.1) is 6.61 Å². The number of rotatable bonds is 5. The van der Waals surface area contributed by atoms with Gasteiger partial charge in [0.15, 0.2) is 0 Å². The molecule has 0 bridgehead atoms. The van der Waals surface area contributed by atoms with Gasteiger partial charge in [-0.25, -0.2) is 0 Å². The van der Waals surface area contributed by atoms with Crippen molar-refractivity contribution in [3.8, 4) is 0 Å². The van der Waals surface area contributed by atoms with E-state index in [0.717, 1.165) is 4.90 Å². The molecule has 0 radical (unpaired) electrons. The van der Waals surface area contributed by atoms with E-state index >= 15 is 0 Å². The Morgan fingerprint density at radius 1 is 1.38 bits per heavy atom. The maximum absolute atomic E-state index is 9.47. The number of hydrogen-bond acceptors (Lipinski definition) is 3. The number of hydrogen-bond donors (Lipinski definition) is 1. The highest BCUT2D eigenvalue weighted by Crippen LogP contribution is 2.21. The molecule has 0 aromatic heterocycles. The van der Waals surface area contributed by atoms with Crippen molar-refractivity contribution in [3.63, 3.8) is 0 Å². The minimum Gasteiger partial charge on any atom is -0.380 e. The monoisotopic (exact) mass is 198 g/mol. The van der Waals surface area contributed by atoms with Crippen LogP contribution in [0.1, 0.15) is 6.92 Å². The quantitative estimate of drug-likeness (QED) is 0.580. The summed E-state index contributed by atoms with van der Waals surface area (Å²) in [5.74, 6) is 0. The largest absolute Gasteiger partial charge is 0.380 e. The highest BCUT2D eigenvalue weighted by Gasteiger charge is 2.04. The van der Waals surface area contributed by atoms with E-state index < -0.39 is 5.44 Å². The van der Waals surface area contributed by atoms with Gasteiger partial charge >= 0.3 is 0 Å². The van der Waals surface area contributed by atoms with Crippen LogP contribution in [0.4, 0.5) is 0 Å². The van der Waals surface area contributed by atoms with Crippen LogP contribution in [-0.2, 0) is 4.74 Å². The van der Waals surface area contributed by atoms with Crippen molar-refractivity contribution in [1.82, 2.24) is 0 Å². The van der Waals surface area contributed by atoms with Gasteiger partial charge in [-0.15, -0.1) is 0 Å². The fourth-order valence-electron chi connectivity index (χ4n) is 0.909. The van der Waals surface area contributed by atoms with Crippen LogP contribution >= 0.6 is 11.8 Å². The Balaban J connectivity index is 2.32.